The van der Waals surface area contributed by atoms with E-state index in [4.69, 9.17) is 4.74 Å². The lowest BCUT2D eigenvalue weighted by Gasteiger charge is -2.37. The van der Waals surface area contributed by atoms with Crippen LogP contribution in [-0.2, 0) is 4.74 Å². The maximum Gasteiger partial charge on any atom is 0.407 e. The SMILES string of the molecule is CCOC(=O)N[C@H]1[C@@H](O)[C@]2(C)CC[C@@H]1C2(C)C. The highest BCUT2D eigenvalue weighted by atomic mass is 16.5. The standard InChI is InChI=1S/C13H23NO3/c1-5-17-11(16)14-9-8-6-7-13(4,10(9)15)12(8,2)3/h8-10,15H,5-7H2,1-4H3,(H,14,16)/t8-,9+,10+,13-/m0/s1. The highest BCUT2D eigenvalue weighted by Gasteiger charge is 2.66. The summed E-state index contributed by atoms with van der Waals surface area (Å²) in [5, 5.41) is 13.3. The average molecular weight is 241 g/mol. The molecule has 1 amide bonds. The first kappa shape index (κ1) is 12.7. The molecule has 0 radical (unpaired) electrons. The van der Waals surface area contributed by atoms with Crippen molar-refractivity contribution < 1.29 is 14.6 Å². The van der Waals surface area contributed by atoms with Crippen LogP contribution in [0.4, 0.5) is 4.79 Å². The van der Waals surface area contributed by atoms with Crippen LogP contribution in [0.25, 0.3) is 0 Å². The third-order valence-corrected chi connectivity index (χ3v) is 5.36. The van der Waals surface area contributed by atoms with Crippen LogP contribution in [-0.4, -0.2) is 30.0 Å². The minimum absolute atomic E-state index is 0.0660. The minimum Gasteiger partial charge on any atom is -0.450 e. The Labute approximate surface area is 103 Å². The lowest BCUT2D eigenvalue weighted by atomic mass is 9.70. The summed E-state index contributed by atoms with van der Waals surface area (Å²) in [4.78, 5) is 11.5. The van der Waals surface area contributed by atoms with Crippen LogP contribution in [0.5, 0.6) is 0 Å². The predicted octanol–water partition coefficient (Wildman–Crippen LogP) is 1.92. The predicted molar refractivity (Wildman–Crippen MR) is 64.6 cm³/mol. The van der Waals surface area contributed by atoms with Gasteiger partial charge in [0.15, 0.2) is 0 Å². The number of carbonyl (C=O) groups is 1. The Hall–Kier alpha value is -0.770. The van der Waals surface area contributed by atoms with Crippen molar-refractivity contribution in [1.82, 2.24) is 5.32 Å². The van der Waals surface area contributed by atoms with Crippen molar-refractivity contribution in [3.05, 3.63) is 0 Å². The van der Waals surface area contributed by atoms with Gasteiger partial charge in [0.2, 0.25) is 0 Å². The number of alkyl carbamates (subject to hydrolysis) is 1. The molecular formula is C13H23NO3. The fourth-order valence-electron chi connectivity index (χ4n) is 3.82. The first-order chi connectivity index (χ1) is 7.84. The number of nitrogens with one attached hydrogen (secondary N) is 1. The summed E-state index contributed by atoms with van der Waals surface area (Å²) in [7, 11) is 0. The molecule has 0 heterocycles. The van der Waals surface area contributed by atoms with E-state index >= 15 is 0 Å². The van der Waals surface area contributed by atoms with Gasteiger partial charge in [-0.3, -0.25) is 0 Å². The summed E-state index contributed by atoms with van der Waals surface area (Å²) in [6.45, 7) is 8.66. The van der Waals surface area contributed by atoms with Crippen LogP contribution < -0.4 is 5.32 Å². The third kappa shape index (κ3) is 1.57. The fourth-order valence-corrected chi connectivity index (χ4v) is 3.82. The molecule has 2 rings (SSSR count). The van der Waals surface area contributed by atoms with Gasteiger partial charge in [-0.05, 0) is 31.1 Å². The lowest BCUT2D eigenvalue weighted by Crippen LogP contribution is -2.49. The Kier molecular flexibility index (Phi) is 2.89. The van der Waals surface area contributed by atoms with Crippen molar-refractivity contribution in [2.75, 3.05) is 6.61 Å². The van der Waals surface area contributed by atoms with Crippen LogP contribution >= 0.6 is 0 Å². The van der Waals surface area contributed by atoms with Gasteiger partial charge in [-0.2, -0.15) is 0 Å². The molecule has 4 atom stereocenters. The number of aliphatic hydroxyl groups excluding tert-OH is 1. The zero-order valence-corrected chi connectivity index (χ0v) is 11.1. The van der Waals surface area contributed by atoms with Crippen LogP contribution in [0, 0.1) is 16.7 Å². The molecule has 2 fully saturated rings. The average Bonchev–Trinajstić information content (AvgIpc) is 2.53. The maximum absolute atomic E-state index is 11.5. The van der Waals surface area contributed by atoms with Crippen molar-refractivity contribution in [3.8, 4) is 0 Å². The van der Waals surface area contributed by atoms with Crippen LogP contribution in [0.3, 0.4) is 0 Å². The lowest BCUT2D eigenvalue weighted by molar-refractivity contribution is -0.0000977. The second-order valence-corrected chi connectivity index (χ2v) is 6.12. The molecule has 0 aromatic heterocycles. The number of fused-ring (bicyclic) bond motifs is 2. The Morgan fingerprint density at radius 3 is 2.59 bits per heavy atom. The Morgan fingerprint density at radius 2 is 2.12 bits per heavy atom. The summed E-state index contributed by atoms with van der Waals surface area (Å²) < 4.78 is 4.90. The minimum atomic E-state index is -0.472. The Morgan fingerprint density at radius 1 is 1.47 bits per heavy atom. The van der Waals surface area contributed by atoms with Gasteiger partial charge in [0.1, 0.15) is 0 Å². The third-order valence-electron chi connectivity index (χ3n) is 5.36. The Bertz CT molecular complexity index is 329. The van der Waals surface area contributed by atoms with Gasteiger partial charge in [-0.15, -0.1) is 0 Å². The zero-order chi connectivity index (χ0) is 12.8. The van der Waals surface area contributed by atoms with E-state index in [1.165, 1.54) is 0 Å². The molecule has 0 saturated heterocycles. The molecule has 2 bridgehead atoms. The summed E-state index contributed by atoms with van der Waals surface area (Å²) in [6.07, 6.45) is 1.22. The highest BCUT2D eigenvalue weighted by Crippen LogP contribution is 2.65. The van der Waals surface area contributed by atoms with Crippen molar-refractivity contribution >= 4 is 6.09 Å². The van der Waals surface area contributed by atoms with E-state index in [1.54, 1.807) is 6.92 Å². The number of rotatable bonds is 2. The molecule has 0 aromatic carbocycles. The monoisotopic (exact) mass is 241 g/mol. The topological polar surface area (TPSA) is 58.6 Å². The van der Waals surface area contributed by atoms with E-state index in [1.807, 2.05) is 0 Å². The molecule has 0 spiro atoms. The molecular weight excluding hydrogens is 218 g/mol. The summed E-state index contributed by atoms with van der Waals surface area (Å²) in [6, 6.07) is -0.164. The van der Waals surface area contributed by atoms with Crippen LogP contribution in [0.15, 0.2) is 0 Å². The van der Waals surface area contributed by atoms with E-state index in [2.05, 4.69) is 26.1 Å². The molecule has 2 aliphatic rings. The molecule has 0 unspecified atom stereocenters. The molecule has 2 saturated carbocycles. The van der Waals surface area contributed by atoms with Crippen LogP contribution in [0.2, 0.25) is 0 Å². The molecule has 2 N–H and O–H groups in total. The number of hydrogen-bond donors (Lipinski definition) is 2. The van der Waals surface area contributed by atoms with Gasteiger partial charge in [0.25, 0.3) is 0 Å². The molecule has 0 aromatic rings. The highest BCUT2D eigenvalue weighted by molar-refractivity contribution is 5.68. The number of hydrogen-bond acceptors (Lipinski definition) is 3. The first-order valence-electron chi connectivity index (χ1n) is 6.46. The summed E-state index contributed by atoms with van der Waals surface area (Å²) in [5.74, 6) is 0.340. The smallest absolute Gasteiger partial charge is 0.407 e. The maximum atomic E-state index is 11.5. The number of carbonyl (C=O) groups excluding carboxylic acids is 1. The fraction of sp³-hybridized carbons (Fsp3) is 0.923. The van der Waals surface area contributed by atoms with E-state index in [9.17, 15) is 9.90 Å². The second kappa shape index (κ2) is 3.87. The van der Waals surface area contributed by atoms with E-state index in [0.29, 0.717) is 12.5 Å². The van der Waals surface area contributed by atoms with Crippen molar-refractivity contribution in [1.29, 1.82) is 0 Å². The van der Waals surface area contributed by atoms with Gasteiger partial charge < -0.3 is 15.2 Å². The first-order valence-corrected chi connectivity index (χ1v) is 6.46. The molecule has 2 aliphatic carbocycles. The van der Waals surface area contributed by atoms with Crippen molar-refractivity contribution in [2.24, 2.45) is 16.7 Å². The number of amides is 1. The second-order valence-electron chi connectivity index (χ2n) is 6.12. The van der Waals surface area contributed by atoms with E-state index in [-0.39, 0.29) is 16.9 Å². The van der Waals surface area contributed by atoms with Crippen molar-refractivity contribution in [3.63, 3.8) is 0 Å². The normalized spacial score (nSPS) is 42.5. The summed E-state index contributed by atoms with van der Waals surface area (Å²) in [5.41, 5.74) is -0.0294. The van der Waals surface area contributed by atoms with Gasteiger partial charge in [-0.25, -0.2) is 4.79 Å². The van der Waals surface area contributed by atoms with E-state index in [0.717, 1.165) is 12.8 Å². The molecule has 4 nitrogen and oxygen atoms in total. The Balaban J connectivity index is 2.14. The molecule has 17 heavy (non-hydrogen) atoms. The van der Waals surface area contributed by atoms with Crippen molar-refractivity contribution in [2.45, 2.75) is 52.7 Å². The van der Waals surface area contributed by atoms with Gasteiger partial charge in [0, 0.05) is 5.41 Å². The van der Waals surface area contributed by atoms with E-state index < -0.39 is 12.2 Å². The summed E-state index contributed by atoms with van der Waals surface area (Å²) >= 11 is 0. The van der Waals surface area contributed by atoms with Gasteiger partial charge >= 0.3 is 6.09 Å². The van der Waals surface area contributed by atoms with Gasteiger partial charge in [0.05, 0.1) is 18.8 Å². The zero-order valence-electron chi connectivity index (χ0n) is 11.1. The number of ether oxygens (including phenoxy) is 1. The number of aliphatic hydroxyl groups is 1. The molecule has 0 aliphatic heterocycles. The quantitative estimate of drug-likeness (QED) is 0.776. The molecule has 98 valence electrons. The largest absolute Gasteiger partial charge is 0.450 e. The van der Waals surface area contributed by atoms with Crippen LogP contribution in [0.1, 0.15) is 40.5 Å². The van der Waals surface area contributed by atoms with Gasteiger partial charge in [-0.1, -0.05) is 20.8 Å². The molecule has 4 heteroatoms.